The van der Waals surface area contributed by atoms with Gasteiger partial charge in [-0.2, -0.15) is 0 Å². The molecule has 0 heterocycles. The van der Waals surface area contributed by atoms with Gasteiger partial charge in [-0.1, -0.05) is 19.9 Å². The summed E-state index contributed by atoms with van der Waals surface area (Å²) in [5.41, 5.74) is -0.154. The molecule has 0 amide bonds. The molecule has 0 aliphatic heterocycles. The minimum Gasteiger partial charge on any atom is -0.460 e. The summed E-state index contributed by atoms with van der Waals surface area (Å²) >= 11 is 0. The van der Waals surface area contributed by atoms with E-state index in [1.165, 1.54) is 0 Å². The quantitative estimate of drug-likeness (QED) is 0.344. The highest BCUT2D eigenvalue weighted by Crippen LogP contribution is 1.95. The molecule has 0 N–H and O–H groups in total. The first-order valence-electron chi connectivity index (χ1n) is 4.71. The zero-order valence-electron chi connectivity index (χ0n) is 8.55. The zero-order valence-corrected chi connectivity index (χ0v) is 8.55. The first-order valence-corrected chi connectivity index (χ1v) is 4.71. The molecule has 4 heteroatoms. The number of rotatable bonds is 8. The van der Waals surface area contributed by atoms with Crippen LogP contribution in [-0.2, 0) is 14.3 Å². The molecule has 0 aromatic rings. The third-order valence-electron chi connectivity index (χ3n) is 1.55. The minimum absolute atomic E-state index is 0.154. The van der Waals surface area contributed by atoms with E-state index in [0.717, 1.165) is 12.8 Å². The molecular formula is C10H17FO3. The third kappa shape index (κ3) is 6.60. The van der Waals surface area contributed by atoms with Crippen molar-refractivity contribution in [1.29, 1.82) is 0 Å². The Morgan fingerprint density at radius 1 is 1.36 bits per heavy atom. The standard InChI is InChI=1S/C10H17FO3/c1-3-4-5-13-6-7-14-10(12)9(2)8-11/h2-8H2,1H3. The Kier molecular flexibility index (Phi) is 8.13. The highest BCUT2D eigenvalue weighted by Gasteiger charge is 2.06. The SMILES string of the molecule is C=C(CF)C(=O)OCCOCCCC. The number of unbranched alkanes of at least 4 members (excludes halogenated alkanes) is 1. The van der Waals surface area contributed by atoms with E-state index < -0.39 is 12.6 Å². The van der Waals surface area contributed by atoms with Crippen molar-refractivity contribution in [1.82, 2.24) is 0 Å². The van der Waals surface area contributed by atoms with Gasteiger partial charge in [-0.25, -0.2) is 9.18 Å². The van der Waals surface area contributed by atoms with Crippen LogP contribution in [-0.4, -0.2) is 32.5 Å². The first kappa shape index (κ1) is 13.1. The van der Waals surface area contributed by atoms with Gasteiger partial charge in [0.25, 0.3) is 0 Å². The summed E-state index contributed by atoms with van der Waals surface area (Å²) in [6, 6.07) is 0. The van der Waals surface area contributed by atoms with Crippen LogP contribution >= 0.6 is 0 Å². The molecule has 0 aromatic carbocycles. The lowest BCUT2D eigenvalue weighted by molar-refractivity contribution is -0.140. The average molecular weight is 204 g/mol. The van der Waals surface area contributed by atoms with Gasteiger partial charge < -0.3 is 9.47 Å². The molecular weight excluding hydrogens is 187 g/mol. The van der Waals surface area contributed by atoms with Gasteiger partial charge in [0.05, 0.1) is 12.2 Å². The van der Waals surface area contributed by atoms with Gasteiger partial charge in [-0.3, -0.25) is 0 Å². The molecule has 0 unspecified atom stereocenters. The highest BCUT2D eigenvalue weighted by molar-refractivity contribution is 5.87. The summed E-state index contributed by atoms with van der Waals surface area (Å²) in [5.74, 6) is -0.688. The van der Waals surface area contributed by atoms with E-state index in [-0.39, 0.29) is 12.2 Å². The fraction of sp³-hybridized carbons (Fsp3) is 0.700. The lowest BCUT2D eigenvalue weighted by atomic mass is 10.3. The third-order valence-corrected chi connectivity index (χ3v) is 1.55. The minimum atomic E-state index is -0.866. The maximum Gasteiger partial charge on any atom is 0.336 e. The van der Waals surface area contributed by atoms with Gasteiger partial charge in [-0.05, 0) is 6.42 Å². The second kappa shape index (κ2) is 8.69. The van der Waals surface area contributed by atoms with Crippen LogP contribution in [0.1, 0.15) is 19.8 Å². The molecule has 0 atom stereocenters. The van der Waals surface area contributed by atoms with Gasteiger partial charge in [0.15, 0.2) is 0 Å². The molecule has 0 saturated carbocycles. The van der Waals surface area contributed by atoms with Crippen LogP contribution in [0.3, 0.4) is 0 Å². The highest BCUT2D eigenvalue weighted by atomic mass is 19.1. The number of esters is 1. The van der Waals surface area contributed by atoms with Gasteiger partial charge in [-0.15, -0.1) is 0 Å². The van der Waals surface area contributed by atoms with E-state index in [1.54, 1.807) is 0 Å². The predicted octanol–water partition coefficient (Wildman–Crippen LogP) is 1.87. The number of ether oxygens (including phenoxy) is 2. The Bertz CT molecular complexity index is 180. The number of carbonyl (C=O) groups excluding carboxylic acids is 1. The molecule has 0 rings (SSSR count). The van der Waals surface area contributed by atoms with E-state index in [9.17, 15) is 9.18 Å². The topological polar surface area (TPSA) is 35.5 Å². The summed E-state index contributed by atoms with van der Waals surface area (Å²) < 4.78 is 21.7. The first-order chi connectivity index (χ1) is 6.72. The van der Waals surface area contributed by atoms with Crippen molar-refractivity contribution in [3.05, 3.63) is 12.2 Å². The number of hydrogen-bond acceptors (Lipinski definition) is 3. The van der Waals surface area contributed by atoms with E-state index >= 15 is 0 Å². The van der Waals surface area contributed by atoms with Crippen LogP contribution in [0, 0.1) is 0 Å². The molecule has 0 spiro atoms. The normalized spacial score (nSPS) is 9.86. The molecule has 0 fully saturated rings. The van der Waals surface area contributed by atoms with Crippen molar-refractivity contribution in [2.24, 2.45) is 0 Å². The van der Waals surface area contributed by atoms with Crippen molar-refractivity contribution < 1.29 is 18.7 Å². The summed E-state index contributed by atoms with van der Waals surface area (Å²) in [4.78, 5) is 10.8. The molecule has 0 saturated heterocycles. The maximum atomic E-state index is 11.9. The largest absolute Gasteiger partial charge is 0.460 e. The van der Waals surface area contributed by atoms with E-state index in [1.807, 2.05) is 0 Å². The van der Waals surface area contributed by atoms with Crippen LogP contribution in [0.15, 0.2) is 12.2 Å². The second-order valence-electron chi connectivity index (χ2n) is 2.84. The van der Waals surface area contributed by atoms with Gasteiger partial charge in [0.1, 0.15) is 13.3 Å². The molecule has 0 radical (unpaired) electrons. The molecule has 0 aliphatic carbocycles. The number of halogens is 1. The van der Waals surface area contributed by atoms with Crippen LogP contribution in [0.5, 0.6) is 0 Å². The molecule has 0 aliphatic rings. The summed E-state index contributed by atoms with van der Waals surface area (Å²) in [6.07, 6.45) is 2.06. The van der Waals surface area contributed by atoms with Crippen molar-refractivity contribution in [3.63, 3.8) is 0 Å². The second-order valence-corrected chi connectivity index (χ2v) is 2.84. The number of carbonyl (C=O) groups is 1. The van der Waals surface area contributed by atoms with Crippen LogP contribution < -0.4 is 0 Å². The van der Waals surface area contributed by atoms with E-state index in [0.29, 0.717) is 13.2 Å². The van der Waals surface area contributed by atoms with Gasteiger partial charge >= 0.3 is 5.97 Å². The van der Waals surface area contributed by atoms with Crippen LogP contribution in [0.25, 0.3) is 0 Å². The molecule has 0 aromatic heterocycles. The number of hydrogen-bond donors (Lipinski definition) is 0. The fourth-order valence-electron chi connectivity index (χ4n) is 0.698. The van der Waals surface area contributed by atoms with E-state index in [2.05, 4.69) is 18.2 Å². The average Bonchev–Trinajstić information content (AvgIpc) is 2.21. The predicted molar refractivity (Wildman–Crippen MR) is 51.8 cm³/mol. The van der Waals surface area contributed by atoms with Crippen molar-refractivity contribution in [2.75, 3.05) is 26.5 Å². The van der Waals surface area contributed by atoms with Gasteiger partial charge in [0.2, 0.25) is 0 Å². The summed E-state index contributed by atoms with van der Waals surface area (Å²) in [6.45, 7) is 5.58. The zero-order chi connectivity index (χ0) is 10.8. The Balaban J connectivity index is 3.27. The van der Waals surface area contributed by atoms with Crippen LogP contribution in [0.4, 0.5) is 4.39 Å². The smallest absolute Gasteiger partial charge is 0.336 e. The Morgan fingerprint density at radius 2 is 2.07 bits per heavy atom. The number of alkyl halides is 1. The maximum absolute atomic E-state index is 11.9. The lowest BCUT2D eigenvalue weighted by Crippen LogP contribution is -2.13. The molecule has 82 valence electrons. The Morgan fingerprint density at radius 3 is 2.64 bits per heavy atom. The van der Waals surface area contributed by atoms with Crippen molar-refractivity contribution in [2.45, 2.75) is 19.8 Å². The summed E-state index contributed by atoms with van der Waals surface area (Å²) in [7, 11) is 0. The Hall–Kier alpha value is -0.900. The van der Waals surface area contributed by atoms with Crippen LogP contribution in [0.2, 0.25) is 0 Å². The monoisotopic (exact) mass is 204 g/mol. The fourth-order valence-corrected chi connectivity index (χ4v) is 0.698. The molecule has 14 heavy (non-hydrogen) atoms. The van der Waals surface area contributed by atoms with Crippen molar-refractivity contribution in [3.8, 4) is 0 Å². The molecule has 0 bridgehead atoms. The van der Waals surface area contributed by atoms with Crippen molar-refractivity contribution >= 4 is 5.97 Å². The lowest BCUT2D eigenvalue weighted by Gasteiger charge is -2.05. The van der Waals surface area contributed by atoms with Gasteiger partial charge in [0, 0.05) is 6.61 Å². The van der Waals surface area contributed by atoms with E-state index in [4.69, 9.17) is 4.74 Å². The molecule has 3 nitrogen and oxygen atoms in total. The Labute approximate surface area is 83.9 Å². The summed E-state index contributed by atoms with van der Waals surface area (Å²) in [5, 5.41) is 0.